The van der Waals surface area contributed by atoms with Gasteiger partial charge in [0.05, 0.1) is 5.57 Å². The minimum atomic E-state index is -4.83. The molecular weight excluding hydrogens is 265 g/mol. The van der Waals surface area contributed by atoms with Crippen molar-refractivity contribution in [2.24, 2.45) is 0 Å². The second-order valence-corrected chi connectivity index (χ2v) is 3.86. The Morgan fingerprint density at radius 1 is 1.37 bits per heavy atom. The highest BCUT2D eigenvalue weighted by molar-refractivity contribution is 5.95. The molecule has 1 unspecified atom stereocenters. The van der Waals surface area contributed by atoms with E-state index in [1.165, 1.54) is 18.2 Å². The van der Waals surface area contributed by atoms with E-state index < -0.39 is 23.8 Å². The molecule has 1 aliphatic heterocycles. The van der Waals surface area contributed by atoms with Crippen LogP contribution in [0, 0.1) is 0 Å². The number of fused-ring (bicyclic) bond motifs is 1. The quantitative estimate of drug-likeness (QED) is 0.839. The Bertz CT molecular complexity index is 575. The lowest BCUT2D eigenvalue weighted by Gasteiger charge is -2.27. The fraction of sp³-hybridized carbons (Fsp3) is 0.167. The maximum absolute atomic E-state index is 12.7. The van der Waals surface area contributed by atoms with E-state index in [2.05, 4.69) is 4.74 Å². The Kier molecular flexibility index (Phi) is 3.05. The van der Waals surface area contributed by atoms with Crippen LogP contribution in [0.4, 0.5) is 13.2 Å². The van der Waals surface area contributed by atoms with Gasteiger partial charge in [0.2, 0.25) is 6.10 Å². The van der Waals surface area contributed by atoms with E-state index in [9.17, 15) is 22.8 Å². The van der Waals surface area contributed by atoms with Gasteiger partial charge in [-0.05, 0) is 24.3 Å². The van der Waals surface area contributed by atoms with Crippen LogP contribution in [0.2, 0.25) is 0 Å². The molecule has 1 heterocycles. The first kappa shape index (κ1) is 13.1. The maximum Gasteiger partial charge on any atom is 0.430 e. The monoisotopic (exact) mass is 272 g/mol. The minimum absolute atomic E-state index is 0.113. The van der Waals surface area contributed by atoms with Gasteiger partial charge in [0.15, 0.2) is 0 Å². The molecule has 0 saturated carbocycles. The first-order valence-electron chi connectivity index (χ1n) is 5.10. The molecule has 0 bridgehead atoms. The summed E-state index contributed by atoms with van der Waals surface area (Å²) in [5.41, 5.74) is -0.570. The summed E-state index contributed by atoms with van der Waals surface area (Å²) >= 11 is 0. The van der Waals surface area contributed by atoms with Crippen LogP contribution in [0.5, 0.6) is 5.75 Å². The number of hydrogen-bond donors (Lipinski definition) is 1. The molecule has 0 amide bonds. The fourth-order valence-corrected chi connectivity index (χ4v) is 1.71. The van der Waals surface area contributed by atoms with E-state index in [-0.39, 0.29) is 16.9 Å². The number of alkyl halides is 3. The van der Waals surface area contributed by atoms with Crippen molar-refractivity contribution < 1.29 is 32.6 Å². The summed E-state index contributed by atoms with van der Waals surface area (Å²) in [6.45, 7) is 0. The lowest BCUT2D eigenvalue weighted by atomic mass is 10.00. The SMILES string of the molecule is O=Cc1ccc2c(c1)C=C(C(=O)O)C(C(F)(F)F)O2. The summed E-state index contributed by atoms with van der Waals surface area (Å²) in [6, 6.07) is 3.75. The van der Waals surface area contributed by atoms with Crippen LogP contribution in [-0.4, -0.2) is 29.6 Å². The average Bonchev–Trinajstić information content (AvgIpc) is 2.35. The standard InChI is InChI=1S/C12H7F3O4/c13-12(14,15)10-8(11(17)18)4-7-3-6(5-16)1-2-9(7)19-10/h1-5,10H,(H,17,18). The Morgan fingerprint density at radius 3 is 2.58 bits per heavy atom. The number of carboxylic acid groups (broad SMARTS) is 1. The number of aldehydes is 1. The van der Waals surface area contributed by atoms with Gasteiger partial charge >= 0.3 is 12.1 Å². The molecule has 0 spiro atoms. The largest absolute Gasteiger partial charge is 0.478 e. The Balaban J connectivity index is 2.54. The van der Waals surface area contributed by atoms with Crippen LogP contribution in [0.1, 0.15) is 15.9 Å². The van der Waals surface area contributed by atoms with Crippen molar-refractivity contribution >= 4 is 18.3 Å². The van der Waals surface area contributed by atoms with Gasteiger partial charge in [-0.25, -0.2) is 4.79 Å². The van der Waals surface area contributed by atoms with Gasteiger partial charge in [0, 0.05) is 11.1 Å². The number of carbonyl (C=O) groups is 2. The zero-order chi connectivity index (χ0) is 14.2. The topological polar surface area (TPSA) is 63.6 Å². The smallest absolute Gasteiger partial charge is 0.430 e. The van der Waals surface area contributed by atoms with Crippen LogP contribution in [0.3, 0.4) is 0 Å². The number of aliphatic carboxylic acids is 1. The van der Waals surface area contributed by atoms with Crippen molar-refractivity contribution in [3.05, 3.63) is 34.9 Å². The van der Waals surface area contributed by atoms with Crippen molar-refractivity contribution in [1.29, 1.82) is 0 Å². The number of hydrogen-bond acceptors (Lipinski definition) is 3. The van der Waals surface area contributed by atoms with Crippen LogP contribution < -0.4 is 4.74 Å². The molecule has 1 aliphatic rings. The number of halogens is 3. The summed E-state index contributed by atoms with van der Waals surface area (Å²) in [5, 5.41) is 8.81. The Morgan fingerprint density at radius 2 is 2.05 bits per heavy atom. The molecule has 1 atom stereocenters. The van der Waals surface area contributed by atoms with Crippen molar-refractivity contribution in [3.63, 3.8) is 0 Å². The summed E-state index contributed by atoms with van der Waals surface area (Å²) in [4.78, 5) is 21.4. The normalized spacial score (nSPS) is 18.1. The first-order chi connectivity index (χ1) is 8.82. The molecule has 1 aromatic rings. The molecule has 0 aliphatic carbocycles. The van der Waals surface area contributed by atoms with Crippen molar-refractivity contribution in [2.75, 3.05) is 0 Å². The molecule has 100 valence electrons. The highest BCUT2D eigenvalue weighted by atomic mass is 19.4. The molecule has 0 aromatic heterocycles. The Labute approximate surface area is 105 Å². The predicted molar refractivity (Wildman–Crippen MR) is 57.9 cm³/mol. The molecule has 1 aromatic carbocycles. The van der Waals surface area contributed by atoms with E-state index in [1.807, 2.05) is 0 Å². The van der Waals surface area contributed by atoms with Gasteiger partial charge in [-0.3, -0.25) is 4.79 Å². The lowest BCUT2D eigenvalue weighted by molar-refractivity contribution is -0.187. The molecular formula is C12H7F3O4. The van der Waals surface area contributed by atoms with Crippen molar-refractivity contribution in [1.82, 2.24) is 0 Å². The third-order valence-electron chi connectivity index (χ3n) is 2.55. The first-order valence-corrected chi connectivity index (χ1v) is 5.10. The van der Waals surface area contributed by atoms with E-state index in [0.717, 1.165) is 6.08 Å². The van der Waals surface area contributed by atoms with Crippen molar-refractivity contribution in [2.45, 2.75) is 12.3 Å². The van der Waals surface area contributed by atoms with Gasteiger partial charge in [-0.1, -0.05) is 0 Å². The van der Waals surface area contributed by atoms with Crippen molar-refractivity contribution in [3.8, 4) is 5.75 Å². The number of carbonyl (C=O) groups excluding carboxylic acids is 1. The summed E-state index contributed by atoms with van der Waals surface area (Å²) < 4.78 is 42.8. The highest BCUT2D eigenvalue weighted by Gasteiger charge is 2.48. The number of carboxylic acids is 1. The second kappa shape index (κ2) is 4.42. The van der Waals surface area contributed by atoms with Crippen LogP contribution in [0.25, 0.3) is 6.08 Å². The molecule has 4 nitrogen and oxygen atoms in total. The van der Waals surface area contributed by atoms with E-state index in [0.29, 0.717) is 6.29 Å². The fourth-order valence-electron chi connectivity index (χ4n) is 1.71. The molecule has 2 rings (SSSR count). The average molecular weight is 272 g/mol. The lowest BCUT2D eigenvalue weighted by Crippen LogP contribution is -2.40. The van der Waals surface area contributed by atoms with Gasteiger partial charge in [-0.15, -0.1) is 0 Å². The molecule has 19 heavy (non-hydrogen) atoms. The molecule has 1 N–H and O–H groups in total. The summed E-state index contributed by atoms with van der Waals surface area (Å²) in [6.07, 6.45) is -5.97. The molecule has 0 fully saturated rings. The van der Waals surface area contributed by atoms with Gasteiger partial charge in [0.25, 0.3) is 0 Å². The zero-order valence-electron chi connectivity index (χ0n) is 9.27. The van der Waals surface area contributed by atoms with Crippen LogP contribution >= 0.6 is 0 Å². The van der Waals surface area contributed by atoms with Gasteiger partial charge in [0.1, 0.15) is 12.0 Å². The Hall–Kier alpha value is -2.31. The molecule has 0 saturated heterocycles. The second-order valence-electron chi connectivity index (χ2n) is 3.86. The van der Waals surface area contributed by atoms with Gasteiger partial charge < -0.3 is 9.84 Å². The zero-order valence-corrected chi connectivity index (χ0v) is 9.27. The highest BCUT2D eigenvalue weighted by Crippen LogP contribution is 2.37. The van der Waals surface area contributed by atoms with Crippen LogP contribution in [0.15, 0.2) is 23.8 Å². The molecule has 7 heteroatoms. The minimum Gasteiger partial charge on any atom is -0.478 e. The van der Waals surface area contributed by atoms with Crippen LogP contribution in [-0.2, 0) is 4.79 Å². The third kappa shape index (κ3) is 2.44. The predicted octanol–water partition coefficient (Wildman–Crippen LogP) is 2.29. The van der Waals surface area contributed by atoms with Gasteiger partial charge in [-0.2, -0.15) is 13.2 Å². The third-order valence-corrected chi connectivity index (χ3v) is 2.55. The number of benzene rings is 1. The summed E-state index contributed by atoms with van der Waals surface area (Å²) in [5.74, 6) is -1.83. The molecule has 0 radical (unpaired) electrons. The summed E-state index contributed by atoms with van der Waals surface area (Å²) in [7, 11) is 0. The maximum atomic E-state index is 12.7. The van der Waals surface area contributed by atoms with E-state index in [4.69, 9.17) is 5.11 Å². The van der Waals surface area contributed by atoms with E-state index in [1.54, 1.807) is 0 Å². The van der Waals surface area contributed by atoms with E-state index >= 15 is 0 Å². The number of rotatable bonds is 2. The number of ether oxygens (including phenoxy) is 1.